The normalized spacial score (nSPS) is 10.2. The van der Waals surface area contributed by atoms with Crippen molar-refractivity contribution in [3.8, 4) is 0 Å². The maximum Gasteiger partial charge on any atom is 0.257 e. The first-order valence-corrected chi connectivity index (χ1v) is 6.87. The molecular weight excluding hydrogens is 395 g/mol. The molecule has 88 valence electrons. The van der Waals surface area contributed by atoms with Crippen molar-refractivity contribution in [2.75, 3.05) is 11.0 Å². The van der Waals surface area contributed by atoms with E-state index in [1.165, 1.54) is 0 Å². The fourth-order valence-corrected chi connectivity index (χ4v) is 1.90. The lowest BCUT2D eigenvalue weighted by atomic mass is 10.2. The van der Waals surface area contributed by atoms with Gasteiger partial charge in [-0.2, -0.15) is 0 Å². The van der Waals surface area contributed by atoms with Crippen LogP contribution in [0.5, 0.6) is 0 Å². The summed E-state index contributed by atoms with van der Waals surface area (Å²) in [6.07, 6.45) is 0.770. The van der Waals surface area contributed by atoms with E-state index in [1.807, 2.05) is 0 Å². The zero-order chi connectivity index (χ0) is 12.1. The molecule has 0 saturated carbocycles. The lowest BCUT2D eigenvalue weighted by Crippen LogP contribution is -2.26. The Morgan fingerprint density at radius 2 is 1.94 bits per heavy atom. The number of hydrogen-bond acceptors (Lipinski definition) is 1. The first-order chi connectivity index (χ1) is 7.56. The van der Waals surface area contributed by atoms with Gasteiger partial charge in [0.1, 0.15) is 17.2 Å². The van der Waals surface area contributed by atoms with Gasteiger partial charge in [-0.05, 0) is 18.6 Å². The fourth-order valence-electron chi connectivity index (χ4n) is 1.12. The number of benzene rings is 1. The molecule has 0 aliphatic carbocycles. The largest absolute Gasteiger partial charge is 0.352 e. The molecular formula is C10H9BrF2INO. The Hall–Kier alpha value is -0.240. The monoisotopic (exact) mass is 403 g/mol. The zero-order valence-corrected chi connectivity index (χ0v) is 11.9. The quantitative estimate of drug-likeness (QED) is 0.466. The van der Waals surface area contributed by atoms with Crippen LogP contribution in [0.25, 0.3) is 0 Å². The lowest BCUT2D eigenvalue weighted by Gasteiger charge is -2.06. The Labute approximate surface area is 114 Å². The Kier molecular flexibility index (Phi) is 5.60. The third-order valence-electron chi connectivity index (χ3n) is 1.83. The summed E-state index contributed by atoms with van der Waals surface area (Å²) in [6.45, 7) is 0.413. The van der Waals surface area contributed by atoms with Crippen molar-refractivity contribution in [3.63, 3.8) is 0 Å². The van der Waals surface area contributed by atoms with Crippen LogP contribution in [0.4, 0.5) is 8.78 Å². The van der Waals surface area contributed by atoms with Gasteiger partial charge in [0.25, 0.3) is 5.91 Å². The molecule has 0 aromatic heterocycles. The second-order valence-electron chi connectivity index (χ2n) is 3.04. The summed E-state index contributed by atoms with van der Waals surface area (Å²) < 4.78 is 27.8. The highest BCUT2D eigenvalue weighted by molar-refractivity contribution is 14.1. The lowest BCUT2D eigenvalue weighted by molar-refractivity contribution is 0.0945. The summed E-state index contributed by atoms with van der Waals surface area (Å²) >= 11 is 5.11. The molecule has 1 N–H and O–H groups in total. The van der Waals surface area contributed by atoms with Crippen LogP contribution in [0.15, 0.2) is 16.6 Å². The molecule has 0 atom stereocenters. The molecule has 0 spiro atoms. The summed E-state index contributed by atoms with van der Waals surface area (Å²) in [6, 6.07) is 2.13. The standard InChI is InChI=1S/C10H9BrF2INO/c11-6-4-7(12)9(8(13)5-6)10(16)15-3-1-2-14/h4-5H,1-3H2,(H,15,16). The molecule has 0 bridgehead atoms. The molecule has 0 fully saturated rings. The van der Waals surface area contributed by atoms with Crippen molar-refractivity contribution in [3.05, 3.63) is 33.8 Å². The highest BCUT2D eigenvalue weighted by Gasteiger charge is 2.17. The van der Waals surface area contributed by atoms with Crippen molar-refractivity contribution < 1.29 is 13.6 Å². The van der Waals surface area contributed by atoms with Crippen molar-refractivity contribution in [2.45, 2.75) is 6.42 Å². The second-order valence-corrected chi connectivity index (χ2v) is 5.04. The smallest absolute Gasteiger partial charge is 0.257 e. The van der Waals surface area contributed by atoms with E-state index in [9.17, 15) is 13.6 Å². The molecule has 0 radical (unpaired) electrons. The van der Waals surface area contributed by atoms with Crippen molar-refractivity contribution >= 4 is 44.4 Å². The number of nitrogens with one attached hydrogen (secondary N) is 1. The third-order valence-corrected chi connectivity index (χ3v) is 3.05. The van der Waals surface area contributed by atoms with Gasteiger partial charge < -0.3 is 5.32 Å². The van der Waals surface area contributed by atoms with Crippen LogP contribution in [0.2, 0.25) is 0 Å². The molecule has 0 saturated heterocycles. The Bertz CT molecular complexity index is 377. The molecule has 6 heteroatoms. The average Bonchev–Trinajstić information content (AvgIpc) is 2.16. The van der Waals surface area contributed by atoms with E-state index in [0.717, 1.165) is 23.0 Å². The van der Waals surface area contributed by atoms with Crippen molar-refractivity contribution in [1.82, 2.24) is 5.32 Å². The molecule has 0 aliphatic rings. The average molecular weight is 404 g/mol. The van der Waals surface area contributed by atoms with Crippen LogP contribution in [0.1, 0.15) is 16.8 Å². The van der Waals surface area contributed by atoms with Crippen LogP contribution < -0.4 is 5.32 Å². The van der Waals surface area contributed by atoms with Crippen LogP contribution in [-0.4, -0.2) is 16.9 Å². The minimum Gasteiger partial charge on any atom is -0.352 e. The van der Waals surface area contributed by atoms with E-state index in [0.29, 0.717) is 6.54 Å². The maximum atomic E-state index is 13.3. The van der Waals surface area contributed by atoms with Crippen molar-refractivity contribution in [2.24, 2.45) is 0 Å². The van der Waals surface area contributed by atoms with E-state index < -0.39 is 23.1 Å². The predicted octanol–water partition coefficient (Wildman–Crippen LogP) is 3.28. The number of carbonyl (C=O) groups is 1. The molecule has 0 aliphatic heterocycles. The van der Waals surface area contributed by atoms with Crippen molar-refractivity contribution in [1.29, 1.82) is 0 Å². The summed E-state index contributed by atoms with van der Waals surface area (Å²) in [5.74, 6) is -2.44. The molecule has 1 amide bonds. The van der Waals surface area contributed by atoms with Gasteiger partial charge in [0.2, 0.25) is 0 Å². The summed E-state index contributed by atoms with van der Waals surface area (Å²) in [7, 11) is 0. The number of alkyl halides is 1. The van der Waals surface area contributed by atoms with Gasteiger partial charge in [0, 0.05) is 15.4 Å². The van der Waals surface area contributed by atoms with Crippen LogP contribution in [0, 0.1) is 11.6 Å². The number of amides is 1. The number of hydrogen-bond donors (Lipinski definition) is 1. The second kappa shape index (κ2) is 6.48. The van der Waals surface area contributed by atoms with Crippen LogP contribution in [-0.2, 0) is 0 Å². The molecule has 16 heavy (non-hydrogen) atoms. The van der Waals surface area contributed by atoms with Gasteiger partial charge in [-0.3, -0.25) is 4.79 Å². The topological polar surface area (TPSA) is 29.1 Å². The Morgan fingerprint density at radius 3 is 2.44 bits per heavy atom. The van der Waals surface area contributed by atoms with Gasteiger partial charge in [-0.25, -0.2) is 8.78 Å². The molecule has 1 rings (SSSR count). The Balaban J connectivity index is 2.83. The minimum atomic E-state index is -0.862. The number of carbonyl (C=O) groups excluding carboxylic acids is 1. The maximum absolute atomic E-state index is 13.3. The molecule has 1 aromatic rings. The highest BCUT2D eigenvalue weighted by Crippen LogP contribution is 2.19. The predicted molar refractivity (Wildman–Crippen MR) is 69.9 cm³/mol. The van der Waals surface area contributed by atoms with Crippen LogP contribution in [0.3, 0.4) is 0 Å². The summed E-state index contributed by atoms with van der Waals surface area (Å²) in [5.41, 5.74) is -0.531. The number of halogens is 4. The molecule has 0 unspecified atom stereocenters. The summed E-state index contributed by atoms with van der Waals surface area (Å²) in [5, 5.41) is 2.46. The van der Waals surface area contributed by atoms with Crippen LogP contribution >= 0.6 is 38.5 Å². The fraction of sp³-hybridized carbons (Fsp3) is 0.300. The molecule has 0 heterocycles. The van der Waals surface area contributed by atoms with Gasteiger partial charge >= 0.3 is 0 Å². The first kappa shape index (κ1) is 13.8. The van der Waals surface area contributed by atoms with E-state index in [4.69, 9.17) is 0 Å². The third kappa shape index (κ3) is 3.65. The zero-order valence-electron chi connectivity index (χ0n) is 8.20. The minimum absolute atomic E-state index is 0.270. The highest BCUT2D eigenvalue weighted by atomic mass is 127. The SMILES string of the molecule is O=C(NCCCI)c1c(F)cc(Br)cc1F. The van der Waals surface area contributed by atoms with E-state index in [1.54, 1.807) is 0 Å². The number of rotatable bonds is 4. The first-order valence-electron chi connectivity index (χ1n) is 4.55. The van der Waals surface area contributed by atoms with Gasteiger partial charge in [-0.15, -0.1) is 0 Å². The van der Waals surface area contributed by atoms with Gasteiger partial charge in [0.05, 0.1) is 0 Å². The molecule has 1 aromatic carbocycles. The van der Waals surface area contributed by atoms with Gasteiger partial charge in [0.15, 0.2) is 0 Å². The van der Waals surface area contributed by atoms with E-state index in [2.05, 4.69) is 43.8 Å². The van der Waals surface area contributed by atoms with E-state index >= 15 is 0 Å². The Morgan fingerprint density at radius 1 is 1.38 bits per heavy atom. The van der Waals surface area contributed by atoms with Gasteiger partial charge in [-0.1, -0.05) is 38.5 Å². The molecule has 2 nitrogen and oxygen atoms in total. The van der Waals surface area contributed by atoms with E-state index in [-0.39, 0.29) is 4.47 Å². The summed E-state index contributed by atoms with van der Waals surface area (Å²) in [4.78, 5) is 11.5.